The van der Waals surface area contributed by atoms with Crippen LogP contribution in [0.2, 0.25) is 0 Å². The molecule has 5 heteroatoms. The lowest BCUT2D eigenvalue weighted by molar-refractivity contribution is -0.114. The van der Waals surface area contributed by atoms with Crippen LogP contribution in [0.25, 0.3) is 11.5 Å². The second-order valence-corrected chi connectivity index (χ2v) is 3.46. The average Bonchev–Trinajstić information content (AvgIpc) is 2.65. The molecular formula is C11H11N3O2. The highest BCUT2D eigenvalue weighted by Crippen LogP contribution is 2.20. The van der Waals surface area contributed by atoms with Crippen LogP contribution in [0.15, 0.2) is 28.7 Å². The minimum atomic E-state index is -0.237. The molecule has 2 rings (SSSR count). The summed E-state index contributed by atoms with van der Waals surface area (Å²) in [7, 11) is 0. The Morgan fingerprint density at radius 2 is 2.19 bits per heavy atom. The fraction of sp³-hybridized carbons (Fsp3) is 0.182. The number of aryl methyl sites for hydroxylation is 1. The van der Waals surface area contributed by atoms with Crippen LogP contribution >= 0.6 is 0 Å². The maximum absolute atomic E-state index is 10.8. The third-order valence-corrected chi connectivity index (χ3v) is 1.97. The zero-order chi connectivity index (χ0) is 11.5. The minimum Gasteiger partial charge on any atom is -0.403 e. The summed E-state index contributed by atoms with van der Waals surface area (Å²) in [6, 6.07) is 7.81. The summed E-state index contributed by atoms with van der Waals surface area (Å²) >= 11 is 0. The summed E-state index contributed by atoms with van der Waals surface area (Å²) < 4.78 is 5.28. The predicted molar refractivity (Wildman–Crippen MR) is 58.8 cm³/mol. The summed E-state index contributed by atoms with van der Waals surface area (Å²) in [5.41, 5.74) is 1.95. The fourth-order valence-corrected chi connectivity index (χ4v) is 1.32. The molecular weight excluding hydrogens is 206 g/mol. The lowest BCUT2D eigenvalue weighted by Gasteiger charge is -1.96. The Kier molecular flexibility index (Phi) is 2.68. The molecule has 2 aromatic rings. The minimum absolute atomic E-state index is 0.115. The maximum Gasteiger partial charge on any atom is 0.322 e. The van der Waals surface area contributed by atoms with Gasteiger partial charge in [-0.3, -0.25) is 10.1 Å². The molecule has 82 valence electrons. The number of hydrogen-bond donors (Lipinski definition) is 1. The van der Waals surface area contributed by atoms with Gasteiger partial charge in [0, 0.05) is 12.5 Å². The van der Waals surface area contributed by atoms with E-state index in [2.05, 4.69) is 15.5 Å². The van der Waals surface area contributed by atoms with E-state index in [0.717, 1.165) is 11.1 Å². The van der Waals surface area contributed by atoms with Crippen molar-refractivity contribution in [2.45, 2.75) is 13.8 Å². The van der Waals surface area contributed by atoms with E-state index in [0.29, 0.717) is 5.89 Å². The normalized spacial score (nSPS) is 10.1. The number of amides is 1. The number of anilines is 1. The van der Waals surface area contributed by atoms with Gasteiger partial charge in [0.2, 0.25) is 11.8 Å². The molecule has 0 radical (unpaired) electrons. The van der Waals surface area contributed by atoms with E-state index in [9.17, 15) is 4.79 Å². The quantitative estimate of drug-likeness (QED) is 0.835. The highest BCUT2D eigenvalue weighted by atomic mass is 16.4. The van der Waals surface area contributed by atoms with Crippen molar-refractivity contribution in [2.75, 3.05) is 5.32 Å². The second-order valence-electron chi connectivity index (χ2n) is 3.46. The third-order valence-electron chi connectivity index (χ3n) is 1.97. The molecule has 0 unspecified atom stereocenters. The van der Waals surface area contributed by atoms with Crippen molar-refractivity contribution in [3.8, 4) is 11.5 Å². The van der Waals surface area contributed by atoms with Gasteiger partial charge in [-0.05, 0) is 19.1 Å². The predicted octanol–water partition coefficient (Wildman–Crippen LogP) is 2.00. The van der Waals surface area contributed by atoms with Gasteiger partial charge < -0.3 is 4.42 Å². The van der Waals surface area contributed by atoms with Crippen molar-refractivity contribution in [3.63, 3.8) is 0 Å². The number of nitrogens with one attached hydrogen (secondary N) is 1. The van der Waals surface area contributed by atoms with Gasteiger partial charge in [0.05, 0.1) is 0 Å². The van der Waals surface area contributed by atoms with E-state index < -0.39 is 0 Å². The van der Waals surface area contributed by atoms with Gasteiger partial charge in [-0.25, -0.2) is 0 Å². The highest BCUT2D eigenvalue weighted by molar-refractivity contribution is 5.86. The van der Waals surface area contributed by atoms with E-state index >= 15 is 0 Å². The van der Waals surface area contributed by atoms with Crippen LogP contribution in [0.1, 0.15) is 12.5 Å². The summed E-state index contributed by atoms with van der Waals surface area (Å²) in [6.07, 6.45) is 0. The van der Waals surface area contributed by atoms with Gasteiger partial charge in [-0.2, -0.15) is 0 Å². The smallest absolute Gasteiger partial charge is 0.322 e. The van der Waals surface area contributed by atoms with Crippen LogP contribution in [0, 0.1) is 6.92 Å². The van der Waals surface area contributed by atoms with Crippen LogP contribution in [0.5, 0.6) is 0 Å². The first-order chi connectivity index (χ1) is 7.65. The first-order valence-corrected chi connectivity index (χ1v) is 4.83. The topological polar surface area (TPSA) is 68.0 Å². The number of hydrogen-bond acceptors (Lipinski definition) is 4. The van der Waals surface area contributed by atoms with Crippen LogP contribution in [-0.4, -0.2) is 16.1 Å². The van der Waals surface area contributed by atoms with Crippen molar-refractivity contribution in [3.05, 3.63) is 29.8 Å². The highest BCUT2D eigenvalue weighted by Gasteiger charge is 2.08. The van der Waals surface area contributed by atoms with Crippen molar-refractivity contribution >= 4 is 11.9 Å². The van der Waals surface area contributed by atoms with E-state index in [1.165, 1.54) is 6.92 Å². The van der Waals surface area contributed by atoms with Crippen LogP contribution in [0.3, 0.4) is 0 Å². The first-order valence-electron chi connectivity index (χ1n) is 4.83. The lowest BCUT2D eigenvalue weighted by Crippen LogP contribution is -2.05. The van der Waals surface area contributed by atoms with Crippen molar-refractivity contribution in [1.82, 2.24) is 10.2 Å². The molecule has 0 aliphatic rings. The number of carbonyl (C=O) groups is 1. The molecule has 1 aromatic carbocycles. The van der Waals surface area contributed by atoms with Crippen LogP contribution in [-0.2, 0) is 4.79 Å². The summed E-state index contributed by atoms with van der Waals surface area (Å²) in [5.74, 6) is 0.159. The molecule has 0 aliphatic carbocycles. The van der Waals surface area contributed by atoms with E-state index in [-0.39, 0.29) is 11.9 Å². The Hall–Kier alpha value is -2.17. The maximum atomic E-state index is 10.8. The van der Waals surface area contributed by atoms with Gasteiger partial charge in [-0.15, -0.1) is 5.10 Å². The van der Waals surface area contributed by atoms with E-state index in [1.807, 2.05) is 31.2 Å². The number of nitrogens with zero attached hydrogens (tertiary/aromatic N) is 2. The SMILES string of the molecule is CC(=O)Nc1nnc(-c2cccc(C)c2)o1. The molecule has 5 nitrogen and oxygen atoms in total. The van der Waals surface area contributed by atoms with E-state index in [1.54, 1.807) is 0 Å². The zero-order valence-electron chi connectivity index (χ0n) is 9.02. The Labute approximate surface area is 92.5 Å². The first kappa shape index (κ1) is 10.4. The zero-order valence-corrected chi connectivity index (χ0v) is 9.02. The molecule has 1 aromatic heterocycles. The average molecular weight is 217 g/mol. The number of rotatable bonds is 2. The Morgan fingerprint density at radius 3 is 2.88 bits per heavy atom. The largest absolute Gasteiger partial charge is 0.403 e. The Morgan fingerprint density at radius 1 is 1.38 bits per heavy atom. The van der Waals surface area contributed by atoms with Gasteiger partial charge >= 0.3 is 6.01 Å². The van der Waals surface area contributed by atoms with Gasteiger partial charge in [0.15, 0.2) is 0 Å². The van der Waals surface area contributed by atoms with Crippen molar-refractivity contribution in [2.24, 2.45) is 0 Å². The molecule has 1 heterocycles. The monoisotopic (exact) mass is 217 g/mol. The number of aromatic nitrogens is 2. The second kappa shape index (κ2) is 4.14. The van der Waals surface area contributed by atoms with E-state index in [4.69, 9.17) is 4.42 Å². The molecule has 0 saturated heterocycles. The molecule has 1 N–H and O–H groups in total. The van der Waals surface area contributed by atoms with Gasteiger partial charge in [0.25, 0.3) is 0 Å². The Bertz CT molecular complexity index is 519. The van der Waals surface area contributed by atoms with Gasteiger partial charge in [0.1, 0.15) is 0 Å². The molecule has 0 saturated carbocycles. The standard InChI is InChI=1S/C11H11N3O2/c1-7-4-3-5-9(6-7)10-13-14-11(16-10)12-8(2)15/h3-6H,1-2H3,(H,12,14,15). The summed E-state index contributed by atoms with van der Waals surface area (Å²) in [4.78, 5) is 10.8. The molecule has 16 heavy (non-hydrogen) atoms. The number of benzene rings is 1. The molecule has 0 bridgehead atoms. The lowest BCUT2D eigenvalue weighted by atomic mass is 10.1. The van der Waals surface area contributed by atoms with Crippen LogP contribution in [0.4, 0.5) is 6.01 Å². The van der Waals surface area contributed by atoms with Crippen molar-refractivity contribution in [1.29, 1.82) is 0 Å². The Balaban J connectivity index is 2.28. The molecule has 1 amide bonds. The molecule has 0 spiro atoms. The summed E-state index contributed by atoms with van der Waals surface area (Å²) in [5, 5.41) is 9.99. The molecule has 0 atom stereocenters. The third kappa shape index (κ3) is 2.25. The molecule has 0 fully saturated rings. The summed E-state index contributed by atoms with van der Waals surface area (Å²) in [6.45, 7) is 3.37. The number of carbonyl (C=O) groups excluding carboxylic acids is 1. The van der Waals surface area contributed by atoms with Crippen molar-refractivity contribution < 1.29 is 9.21 Å². The molecule has 0 aliphatic heterocycles. The van der Waals surface area contributed by atoms with Gasteiger partial charge in [-0.1, -0.05) is 22.8 Å². The fourth-order valence-electron chi connectivity index (χ4n) is 1.32. The van der Waals surface area contributed by atoms with Crippen LogP contribution < -0.4 is 5.32 Å².